The van der Waals surface area contributed by atoms with Crippen molar-refractivity contribution in [1.29, 1.82) is 0 Å². The zero-order valence-corrected chi connectivity index (χ0v) is 13.5. The maximum Gasteiger partial charge on any atom is 0.123 e. The Labute approximate surface area is 132 Å². The van der Waals surface area contributed by atoms with Crippen LogP contribution >= 0.6 is 27.7 Å². The lowest BCUT2D eigenvalue weighted by Crippen LogP contribution is -2.04. The Morgan fingerprint density at radius 1 is 1.20 bits per heavy atom. The van der Waals surface area contributed by atoms with Crippen LogP contribution in [-0.4, -0.2) is 17.3 Å². The van der Waals surface area contributed by atoms with E-state index in [9.17, 15) is 0 Å². The number of hydrogen-bond donors (Lipinski definition) is 1. The minimum atomic E-state index is 0.506. The van der Waals surface area contributed by atoms with E-state index in [1.165, 1.54) is 0 Å². The first-order valence-corrected chi connectivity index (χ1v) is 8.23. The first-order chi connectivity index (χ1) is 9.81. The number of nitrogens with two attached hydrogens (primary N) is 1. The number of thioether (sulfide) groups is 1. The molecule has 0 radical (unpaired) electrons. The van der Waals surface area contributed by atoms with Gasteiger partial charge in [0, 0.05) is 28.5 Å². The van der Waals surface area contributed by atoms with Gasteiger partial charge in [0.05, 0.1) is 6.61 Å². The van der Waals surface area contributed by atoms with Crippen LogP contribution in [0.4, 0.5) is 0 Å². The molecule has 2 N–H and O–H groups in total. The fraction of sp³-hybridized carbons (Fsp3) is 0.267. The van der Waals surface area contributed by atoms with Crippen LogP contribution in [0.1, 0.15) is 12.0 Å². The van der Waals surface area contributed by atoms with Crippen LogP contribution in [0.5, 0.6) is 5.75 Å². The molecule has 0 saturated heterocycles. The number of rotatable bonds is 7. The second-order valence-corrected chi connectivity index (χ2v) is 6.09. The molecule has 1 heterocycles. The molecule has 0 aliphatic heterocycles. The molecule has 1 aromatic carbocycles. The van der Waals surface area contributed by atoms with Crippen molar-refractivity contribution in [2.75, 3.05) is 12.4 Å². The number of halogens is 1. The highest BCUT2D eigenvalue weighted by Gasteiger charge is 2.02. The van der Waals surface area contributed by atoms with Crippen molar-refractivity contribution in [1.82, 2.24) is 4.98 Å². The van der Waals surface area contributed by atoms with Crippen molar-refractivity contribution in [3.63, 3.8) is 0 Å². The molecule has 0 amide bonds. The van der Waals surface area contributed by atoms with Gasteiger partial charge in [-0.1, -0.05) is 18.2 Å². The molecule has 0 aliphatic rings. The molecule has 0 fully saturated rings. The van der Waals surface area contributed by atoms with E-state index >= 15 is 0 Å². The molecule has 106 valence electrons. The summed E-state index contributed by atoms with van der Waals surface area (Å²) in [4.78, 5) is 4.32. The van der Waals surface area contributed by atoms with Crippen molar-refractivity contribution >= 4 is 27.7 Å². The summed E-state index contributed by atoms with van der Waals surface area (Å²) in [6, 6.07) is 11.8. The summed E-state index contributed by atoms with van der Waals surface area (Å²) >= 11 is 5.22. The maximum atomic E-state index is 5.77. The predicted molar refractivity (Wildman–Crippen MR) is 87.1 cm³/mol. The summed E-state index contributed by atoms with van der Waals surface area (Å²) in [5.74, 6) is 1.86. The molecule has 1 aromatic heterocycles. The standard InChI is InChI=1S/C15H17BrN2OS/c16-13-6-3-8-18-15(13)20-10-4-9-19-14-7-2-1-5-12(14)11-17/h1-3,5-8H,4,9-11,17H2. The van der Waals surface area contributed by atoms with E-state index in [0.29, 0.717) is 13.2 Å². The lowest BCUT2D eigenvalue weighted by Gasteiger charge is -2.10. The normalized spacial score (nSPS) is 10.5. The minimum Gasteiger partial charge on any atom is -0.493 e. The van der Waals surface area contributed by atoms with Gasteiger partial charge in [0.2, 0.25) is 0 Å². The molecule has 20 heavy (non-hydrogen) atoms. The number of nitrogens with zero attached hydrogens (tertiary/aromatic N) is 1. The van der Waals surface area contributed by atoms with Crippen molar-refractivity contribution < 1.29 is 4.74 Å². The molecule has 0 atom stereocenters. The van der Waals surface area contributed by atoms with Gasteiger partial charge in [-0.05, 0) is 40.5 Å². The van der Waals surface area contributed by atoms with Crippen LogP contribution in [0.3, 0.4) is 0 Å². The number of aromatic nitrogens is 1. The Kier molecular flexibility index (Phi) is 6.36. The van der Waals surface area contributed by atoms with Crippen LogP contribution < -0.4 is 10.5 Å². The monoisotopic (exact) mass is 352 g/mol. The van der Waals surface area contributed by atoms with E-state index in [2.05, 4.69) is 20.9 Å². The smallest absolute Gasteiger partial charge is 0.123 e. The summed E-state index contributed by atoms with van der Waals surface area (Å²) in [6.07, 6.45) is 2.77. The molecular weight excluding hydrogens is 336 g/mol. The van der Waals surface area contributed by atoms with Gasteiger partial charge in [0.25, 0.3) is 0 Å². The zero-order valence-electron chi connectivity index (χ0n) is 11.1. The lowest BCUT2D eigenvalue weighted by atomic mass is 10.2. The molecule has 3 nitrogen and oxygen atoms in total. The average molecular weight is 353 g/mol. The fourth-order valence-electron chi connectivity index (χ4n) is 1.70. The summed E-state index contributed by atoms with van der Waals surface area (Å²) in [5, 5.41) is 1.02. The Bertz CT molecular complexity index is 551. The Balaban J connectivity index is 1.73. The number of pyridine rings is 1. The molecule has 0 unspecified atom stereocenters. The number of benzene rings is 1. The van der Waals surface area contributed by atoms with Gasteiger partial charge in [-0.3, -0.25) is 0 Å². The highest BCUT2D eigenvalue weighted by Crippen LogP contribution is 2.25. The first kappa shape index (κ1) is 15.4. The van der Waals surface area contributed by atoms with Crippen LogP contribution in [0.15, 0.2) is 52.1 Å². The zero-order chi connectivity index (χ0) is 14.2. The Morgan fingerprint density at radius 2 is 2.05 bits per heavy atom. The lowest BCUT2D eigenvalue weighted by molar-refractivity contribution is 0.315. The molecule has 0 saturated carbocycles. The fourth-order valence-corrected chi connectivity index (χ4v) is 3.10. The number of para-hydroxylation sites is 1. The maximum absolute atomic E-state index is 5.77. The van der Waals surface area contributed by atoms with Crippen molar-refractivity contribution in [2.45, 2.75) is 18.0 Å². The summed E-state index contributed by atoms with van der Waals surface area (Å²) in [6.45, 7) is 1.19. The Hall–Kier alpha value is -1.04. The third kappa shape index (κ3) is 4.51. The third-order valence-electron chi connectivity index (χ3n) is 2.70. The van der Waals surface area contributed by atoms with Crippen LogP contribution in [-0.2, 0) is 6.54 Å². The highest BCUT2D eigenvalue weighted by atomic mass is 79.9. The van der Waals surface area contributed by atoms with Gasteiger partial charge < -0.3 is 10.5 Å². The topological polar surface area (TPSA) is 48.1 Å². The van der Waals surface area contributed by atoms with E-state index in [1.54, 1.807) is 18.0 Å². The predicted octanol–water partition coefficient (Wildman–Crippen LogP) is 3.86. The van der Waals surface area contributed by atoms with Crippen LogP contribution in [0, 0.1) is 0 Å². The molecule has 0 spiro atoms. The van der Waals surface area contributed by atoms with Crippen molar-refractivity contribution in [3.8, 4) is 5.75 Å². The van der Waals surface area contributed by atoms with Gasteiger partial charge in [-0.15, -0.1) is 11.8 Å². The summed E-state index contributed by atoms with van der Waals surface area (Å²) in [5.41, 5.74) is 6.72. The number of hydrogen-bond acceptors (Lipinski definition) is 4. The van der Waals surface area contributed by atoms with Gasteiger partial charge in [-0.2, -0.15) is 0 Å². The van der Waals surface area contributed by atoms with Gasteiger partial charge in [-0.25, -0.2) is 4.98 Å². The van der Waals surface area contributed by atoms with Gasteiger partial charge in [0.1, 0.15) is 10.8 Å². The van der Waals surface area contributed by atoms with E-state index in [4.69, 9.17) is 10.5 Å². The van der Waals surface area contributed by atoms with Gasteiger partial charge in [0.15, 0.2) is 0 Å². The highest BCUT2D eigenvalue weighted by molar-refractivity contribution is 9.10. The van der Waals surface area contributed by atoms with Crippen LogP contribution in [0.2, 0.25) is 0 Å². The summed E-state index contributed by atoms with van der Waals surface area (Å²) in [7, 11) is 0. The molecular formula is C15H17BrN2OS. The molecule has 0 aliphatic carbocycles. The molecule has 5 heteroatoms. The largest absolute Gasteiger partial charge is 0.493 e. The van der Waals surface area contributed by atoms with E-state index in [1.807, 2.05) is 36.4 Å². The minimum absolute atomic E-state index is 0.506. The third-order valence-corrected chi connectivity index (χ3v) is 4.70. The second-order valence-electron chi connectivity index (χ2n) is 4.15. The van der Waals surface area contributed by atoms with Crippen molar-refractivity contribution in [3.05, 3.63) is 52.6 Å². The second kappa shape index (κ2) is 8.29. The summed E-state index contributed by atoms with van der Waals surface area (Å²) < 4.78 is 6.81. The van der Waals surface area contributed by atoms with E-state index in [-0.39, 0.29) is 0 Å². The Morgan fingerprint density at radius 3 is 2.85 bits per heavy atom. The molecule has 2 aromatic rings. The van der Waals surface area contributed by atoms with Crippen LogP contribution in [0.25, 0.3) is 0 Å². The number of ether oxygens (including phenoxy) is 1. The first-order valence-electron chi connectivity index (χ1n) is 6.45. The molecule has 0 bridgehead atoms. The average Bonchev–Trinajstić information content (AvgIpc) is 2.49. The van der Waals surface area contributed by atoms with Gasteiger partial charge >= 0.3 is 0 Å². The van der Waals surface area contributed by atoms with Crippen molar-refractivity contribution in [2.24, 2.45) is 5.73 Å². The quantitative estimate of drug-likeness (QED) is 0.607. The molecule has 2 rings (SSSR count). The SMILES string of the molecule is NCc1ccccc1OCCCSc1ncccc1Br. The van der Waals surface area contributed by atoms with E-state index < -0.39 is 0 Å². The van der Waals surface area contributed by atoms with E-state index in [0.717, 1.165) is 33.0 Å².